The van der Waals surface area contributed by atoms with E-state index in [9.17, 15) is 19.2 Å². The minimum atomic E-state index is -1.46. The van der Waals surface area contributed by atoms with Gasteiger partial charge in [0.1, 0.15) is 5.41 Å². The van der Waals surface area contributed by atoms with Gasteiger partial charge in [-0.3, -0.25) is 25.0 Å². The van der Waals surface area contributed by atoms with Crippen molar-refractivity contribution in [2.45, 2.75) is 13.3 Å². The number of imide groups is 2. The molecule has 0 unspecified atom stereocenters. The smallest absolute Gasteiger partial charge is 0.328 e. The summed E-state index contributed by atoms with van der Waals surface area (Å²) in [6.45, 7) is 1.19. The number of rotatable bonds is 4. The van der Waals surface area contributed by atoms with Crippen molar-refractivity contribution < 1.29 is 19.2 Å². The number of hydrogen-bond donors (Lipinski definition) is 4. The zero-order valence-electron chi connectivity index (χ0n) is 9.33. The highest BCUT2D eigenvalue weighted by molar-refractivity contribution is 6.19. The van der Waals surface area contributed by atoms with Gasteiger partial charge in [0.15, 0.2) is 0 Å². The van der Waals surface area contributed by atoms with Gasteiger partial charge in [0.25, 0.3) is 0 Å². The van der Waals surface area contributed by atoms with Gasteiger partial charge < -0.3 is 11.1 Å². The van der Waals surface area contributed by atoms with Crippen LogP contribution in [0.2, 0.25) is 0 Å². The topological polar surface area (TPSA) is 130 Å². The average molecular weight is 242 g/mol. The summed E-state index contributed by atoms with van der Waals surface area (Å²) in [5.74, 6) is -1.91. The van der Waals surface area contributed by atoms with Gasteiger partial charge in [-0.25, -0.2) is 4.79 Å². The van der Waals surface area contributed by atoms with E-state index in [4.69, 9.17) is 5.73 Å². The standard InChI is InChI=1S/C9H14N4O4/c1-2-9(4-11-5(14)3-10)6(15)12-8(17)13-7(9)16/h2-4,10H2,1H3,(H,11,14)(H2,12,13,15,16,17). The van der Waals surface area contributed by atoms with Gasteiger partial charge in [-0.15, -0.1) is 0 Å². The number of carbonyl (C=O) groups is 4. The molecule has 17 heavy (non-hydrogen) atoms. The molecule has 1 saturated heterocycles. The van der Waals surface area contributed by atoms with Crippen LogP contribution in [0.4, 0.5) is 4.79 Å². The zero-order chi connectivity index (χ0) is 13.1. The van der Waals surface area contributed by atoms with Crippen LogP contribution in [0.1, 0.15) is 13.3 Å². The van der Waals surface area contributed by atoms with Crippen molar-refractivity contribution in [1.29, 1.82) is 0 Å². The van der Waals surface area contributed by atoms with E-state index < -0.39 is 29.2 Å². The van der Waals surface area contributed by atoms with Crippen LogP contribution in [-0.4, -0.2) is 36.8 Å². The summed E-state index contributed by atoms with van der Waals surface area (Å²) >= 11 is 0. The Kier molecular flexibility index (Phi) is 3.79. The minimum Gasteiger partial charge on any atom is -0.353 e. The van der Waals surface area contributed by atoms with Crippen LogP contribution >= 0.6 is 0 Å². The lowest BCUT2D eigenvalue weighted by Crippen LogP contribution is -2.65. The van der Waals surface area contributed by atoms with Crippen molar-refractivity contribution in [2.24, 2.45) is 11.1 Å². The molecule has 0 aliphatic carbocycles. The number of nitrogens with one attached hydrogen (secondary N) is 3. The molecule has 0 aromatic rings. The summed E-state index contributed by atoms with van der Waals surface area (Å²) in [4.78, 5) is 45.3. The second kappa shape index (κ2) is 4.91. The molecular weight excluding hydrogens is 228 g/mol. The predicted octanol–water partition coefficient (Wildman–Crippen LogP) is -2.18. The van der Waals surface area contributed by atoms with E-state index in [1.54, 1.807) is 6.92 Å². The Bertz CT molecular complexity index is 359. The van der Waals surface area contributed by atoms with Crippen LogP contribution in [0.3, 0.4) is 0 Å². The van der Waals surface area contributed by atoms with Crippen LogP contribution in [0.15, 0.2) is 0 Å². The molecule has 0 radical (unpaired) electrons. The molecule has 1 aliphatic rings. The van der Waals surface area contributed by atoms with Crippen LogP contribution < -0.4 is 21.7 Å². The molecule has 1 rings (SSSR count). The molecule has 0 aromatic carbocycles. The highest BCUT2D eigenvalue weighted by Gasteiger charge is 2.49. The van der Waals surface area contributed by atoms with Gasteiger partial charge >= 0.3 is 6.03 Å². The quantitative estimate of drug-likeness (QED) is 0.416. The second-order valence-corrected chi connectivity index (χ2v) is 3.65. The van der Waals surface area contributed by atoms with Crippen LogP contribution in [0.25, 0.3) is 0 Å². The molecule has 5 amide bonds. The Hall–Kier alpha value is -1.96. The fourth-order valence-electron chi connectivity index (χ4n) is 1.51. The molecule has 94 valence electrons. The summed E-state index contributed by atoms with van der Waals surface area (Å²) in [6.07, 6.45) is 0.156. The Morgan fingerprint density at radius 3 is 2.24 bits per heavy atom. The van der Waals surface area contributed by atoms with Crippen LogP contribution in [-0.2, 0) is 14.4 Å². The summed E-state index contributed by atoms with van der Waals surface area (Å²) < 4.78 is 0. The van der Waals surface area contributed by atoms with E-state index in [1.165, 1.54) is 0 Å². The zero-order valence-corrected chi connectivity index (χ0v) is 9.33. The maximum absolute atomic E-state index is 11.7. The van der Waals surface area contributed by atoms with Crippen molar-refractivity contribution in [3.8, 4) is 0 Å². The molecule has 5 N–H and O–H groups in total. The van der Waals surface area contributed by atoms with Gasteiger partial charge in [-0.1, -0.05) is 6.92 Å². The molecule has 1 aliphatic heterocycles. The molecule has 0 saturated carbocycles. The molecule has 0 atom stereocenters. The van der Waals surface area contributed by atoms with E-state index in [0.29, 0.717) is 0 Å². The van der Waals surface area contributed by atoms with E-state index >= 15 is 0 Å². The van der Waals surface area contributed by atoms with Gasteiger partial charge in [-0.2, -0.15) is 0 Å². The maximum atomic E-state index is 11.7. The third-order valence-corrected chi connectivity index (χ3v) is 2.70. The molecule has 8 heteroatoms. The predicted molar refractivity (Wildman–Crippen MR) is 56.5 cm³/mol. The molecular formula is C9H14N4O4. The number of amides is 5. The summed E-state index contributed by atoms with van der Waals surface area (Å²) in [5.41, 5.74) is 3.64. The first-order valence-electron chi connectivity index (χ1n) is 5.10. The van der Waals surface area contributed by atoms with Crippen molar-refractivity contribution >= 4 is 23.8 Å². The molecule has 0 bridgehead atoms. The Morgan fingerprint density at radius 2 is 1.82 bits per heavy atom. The van der Waals surface area contributed by atoms with E-state index in [1.807, 2.05) is 10.6 Å². The highest BCUT2D eigenvalue weighted by atomic mass is 16.2. The SMILES string of the molecule is CCC1(CNC(=O)CN)C(=O)NC(=O)NC1=O. The molecule has 1 fully saturated rings. The summed E-state index contributed by atoms with van der Waals surface area (Å²) in [6, 6.07) is -0.853. The number of urea groups is 1. The minimum absolute atomic E-state index is 0.156. The lowest BCUT2D eigenvalue weighted by Gasteiger charge is -2.32. The van der Waals surface area contributed by atoms with Gasteiger partial charge in [0.05, 0.1) is 6.54 Å². The van der Waals surface area contributed by atoms with Gasteiger partial charge in [-0.05, 0) is 6.42 Å². The molecule has 1 heterocycles. The number of hydrogen-bond acceptors (Lipinski definition) is 5. The van der Waals surface area contributed by atoms with Crippen molar-refractivity contribution in [2.75, 3.05) is 13.1 Å². The molecule has 8 nitrogen and oxygen atoms in total. The second-order valence-electron chi connectivity index (χ2n) is 3.65. The Balaban J connectivity index is 2.85. The number of barbiturate groups is 1. The van der Waals surface area contributed by atoms with Gasteiger partial charge in [0.2, 0.25) is 17.7 Å². The third kappa shape index (κ3) is 2.41. The molecule has 0 aromatic heterocycles. The first-order valence-corrected chi connectivity index (χ1v) is 5.10. The Morgan fingerprint density at radius 1 is 1.29 bits per heavy atom. The van der Waals surface area contributed by atoms with E-state index in [2.05, 4.69) is 5.32 Å². The van der Waals surface area contributed by atoms with Crippen molar-refractivity contribution in [1.82, 2.24) is 16.0 Å². The van der Waals surface area contributed by atoms with Crippen LogP contribution in [0, 0.1) is 5.41 Å². The summed E-state index contributed by atoms with van der Waals surface area (Å²) in [5, 5.41) is 6.37. The fraction of sp³-hybridized carbons (Fsp3) is 0.556. The first kappa shape index (κ1) is 13.1. The van der Waals surface area contributed by atoms with Crippen molar-refractivity contribution in [3.05, 3.63) is 0 Å². The fourth-order valence-corrected chi connectivity index (χ4v) is 1.51. The summed E-state index contributed by atoms with van der Waals surface area (Å²) in [7, 11) is 0. The number of carbonyl (C=O) groups excluding carboxylic acids is 4. The lowest BCUT2D eigenvalue weighted by atomic mass is 9.81. The molecule has 0 spiro atoms. The average Bonchev–Trinajstić information content (AvgIpc) is 2.28. The Labute approximate surface area is 97.3 Å². The lowest BCUT2D eigenvalue weighted by molar-refractivity contribution is -0.144. The number of nitrogens with two attached hydrogens (primary N) is 1. The normalized spacial score (nSPS) is 18.4. The monoisotopic (exact) mass is 242 g/mol. The van der Waals surface area contributed by atoms with E-state index in [-0.39, 0.29) is 19.5 Å². The maximum Gasteiger partial charge on any atom is 0.328 e. The first-order chi connectivity index (χ1) is 7.96. The van der Waals surface area contributed by atoms with E-state index in [0.717, 1.165) is 0 Å². The van der Waals surface area contributed by atoms with Gasteiger partial charge in [0, 0.05) is 6.54 Å². The van der Waals surface area contributed by atoms with Crippen molar-refractivity contribution in [3.63, 3.8) is 0 Å². The third-order valence-electron chi connectivity index (χ3n) is 2.70. The highest BCUT2D eigenvalue weighted by Crippen LogP contribution is 2.23. The largest absolute Gasteiger partial charge is 0.353 e. The van der Waals surface area contributed by atoms with Crippen LogP contribution in [0.5, 0.6) is 0 Å².